The van der Waals surface area contributed by atoms with E-state index in [4.69, 9.17) is 18.8 Å². The number of aliphatic imine (C=N–C) groups is 2. The van der Waals surface area contributed by atoms with Crippen molar-refractivity contribution in [3.63, 3.8) is 0 Å². The molecule has 6 heteroatoms. The maximum absolute atomic E-state index is 7.01. The Bertz CT molecular complexity index is 4520. The van der Waals surface area contributed by atoms with Crippen molar-refractivity contribution in [2.75, 3.05) is 0 Å². The van der Waals surface area contributed by atoms with Crippen LogP contribution in [-0.4, -0.2) is 16.2 Å². The van der Waals surface area contributed by atoms with E-state index in [1.165, 1.54) is 32.3 Å². The first kappa shape index (κ1) is 37.9. The zero-order valence-corrected chi connectivity index (χ0v) is 37.0. The number of para-hydroxylation sites is 2. The second kappa shape index (κ2) is 14.6. The third-order valence-electron chi connectivity index (χ3n) is 14.2. The van der Waals surface area contributed by atoms with E-state index in [-0.39, 0.29) is 0 Å². The minimum Gasteiger partial charge on any atom is -0.456 e. The molecular formula is C63H38N4O2. The Morgan fingerprint density at radius 1 is 0.391 bits per heavy atom. The van der Waals surface area contributed by atoms with Crippen LogP contribution in [0.4, 0.5) is 0 Å². The summed E-state index contributed by atoms with van der Waals surface area (Å²) in [4.78, 5) is 11.1. The van der Waals surface area contributed by atoms with E-state index >= 15 is 0 Å². The van der Waals surface area contributed by atoms with E-state index < -0.39 is 6.17 Å². The van der Waals surface area contributed by atoms with Crippen molar-refractivity contribution in [2.45, 2.75) is 6.17 Å². The van der Waals surface area contributed by atoms with Crippen LogP contribution >= 0.6 is 0 Å². The molecular weight excluding hydrogens is 845 g/mol. The lowest BCUT2D eigenvalue weighted by Crippen LogP contribution is -2.34. The van der Waals surface area contributed by atoms with Gasteiger partial charge in [-0.3, -0.25) is 0 Å². The second-order valence-electron chi connectivity index (χ2n) is 18.1. The quantitative estimate of drug-likeness (QED) is 0.187. The molecule has 15 rings (SSSR count). The molecule has 14 aromatic rings. The normalized spacial score (nSPS) is 14.2. The average Bonchev–Trinajstić information content (AvgIpc) is 4.10. The fourth-order valence-electron chi connectivity index (χ4n) is 11.1. The van der Waals surface area contributed by atoms with Gasteiger partial charge in [0.15, 0.2) is 12.0 Å². The van der Waals surface area contributed by atoms with Crippen LogP contribution in [0.2, 0.25) is 0 Å². The monoisotopic (exact) mass is 882 g/mol. The molecule has 0 saturated carbocycles. The highest BCUT2D eigenvalue weighted by atomic mass is 16.3. The Balaban J connectivity index is 1.06. The van der Waals surface area contributed by atoms with Gasteiger partial charge in [-0.15, -0.1) is 0 Å². The third kappa shape index (κ3) is 5.73. The van der Waals surface area contributed by atoms with Crippen molar-refractivity contribution in [3.8, 4) is 16.8 Å². The van der Waals surface area contributed by atoms with Gasteiger partial charge in [0.05, 0.1) is 22.1 Å². The number of aromatic nitrogens is 1. The minimum atomic E-state index is -0.607. The summed E-state index contributed by atoms with van der Waals surface area (Å²) in [6.07, 6.45) is -0.607. The summed E-state index contributed by atoms with van der Waals surface area (Å²) >= 11 is 0. The van der Waals surface area contributed by atoms with Gasteiger partial charge in [0, 0.05) is 49.0 Å². The van der Waals surface area contributed by atoms with Gasteiger partial charge in [-0.1, -0.05) is 170 Å². The van der Waals surface area contributed by atoms with E-state index in [0.717, 1.165) is 105 Å². The van der Waals surface area contributed by atoms with E-state index in [1.54, 1.807) is 0 Å². The first-order valence-corrected chi connectivity index (χ1v) is 23.4. The zero-order chi connectivity index (χ0) is 45.2. The van der Waals surface area contributed by atoms with Crippen molar-refractivity contribution in [3.05, 3.63) is 235 Å². The van der Waals surface area contributed by atoms with Gasteiger partial charge in [-0.05, 0) is 86.6 Å². The summed E-state index contributed by atoms with van der Waals surface area (Å²) < 4.78 is 15.8. The molecule has 69 heavy (non-hydrogen) atoms. The number of fused-ring (bicyclic) bond motifs is 14. The molecule has 1 unspecified atom stereocenters. The van der Waals surface area contributed by atoms with Crippen LogP contribution in [0.25, 0.3) is 115 Å². The summed E-state index contributed by atoms with van der Waals surface area (Å²) in [5, 5.41) is 17.3. The Labute approximate surface area is 394 Å². The molecule has 6 nitrogen and oxygen atoms in total. The van der Waals surface area contributed by atoms with E-state index in [2.05, 4.69) is 210 Å². The van der Waals surface area contributed by atoms with Crippen molar-refractivity contribution < 1.29 is 8.83 Å². The smallest absolute Gasteiger partial charge is 0.159 e. The summed E-state index contributed by atoms with van der Waals surface area (Å²) in [6, 6.07) is 77.4. The standard InChI is InChI=1S/C63H38N4O2/c1-2-14-37(15-3-1)38-26-28-40(29-27-38)61-64-62(43-31-33-55-49(35-43)45-20-10-12-24-53(45)68-55)66-63(65-61)58-46-21-8-9-22-47(46)60-57(48-23-11-13-25-54(48)69-60)59(58)67-51-32-30-39-16-6-7-19-44(39)56(51)50-34-41-17-4-5-18-42(41)36-52(50)67/h1-36,63H,(H,64,65,66). The molecule has 0 radical (unpaired) electrons. The van der Waals surface area contributed by atoms with Gasteiger partial charge in [-0.2, -0.15) is 0 Å². The Kier molecular flexibility index (Phi) is 8.03. The highest BCUT2D eigenvalue weighted by Crippen LogP contribution is 2.48. The molecule has 0 spiro atoms. The van der Waals surface area contributed by atoms with E-state index in [0.29, 0.717) is 5.84 Å². The molecule has 1 N–H and O–H groups in total. The number of rotatable bonds is 5. The molecule has 1 aliphatic heterocycles. The van der Waals surface area contributed by atoms with Gasteiger partial charge < -0.3 is 18.7 Å². The predicted octanol–water partition coefficient (Wildman–Crippen LogP) is 16.2. The summed E-state index contributed by atoms with van der Waals surface area (Å²) in [7, 11) is 0. The molecule has 3 aromatic heterocycles. The highest BCUT2D eigenvalue weighted by molar-refractivity contribution is 6.27. The van der Waals surface area contributed by atoms with Gasteiger partial charge in [-0.25, -0.2) is 9.98 Å². The number of furan rings is 2. The molecule has 0 fully saturated rings. The summed E-state index contributed by atoms with van der Waals surface area (Å²) in [5.74, 6) is 1.35. The SMILES string of the molecule is c1ccc(-c2ccc(C3=NC(c4c(-n5c6cc7ccccc7cc6c6c7ccccc7ccc65)c5c6ccccc6oc5c5ccccc45)NC(c4ccc5oc6ccccc6c5c4)=N3)cc2)cc1. The van der Waals surface area contributed by atoms with Crippen molar-refractivity contribution >= 4 is 110 Å². The van der Waals surface area contributed by atoms with Crippen LogP contribution in [0, 0.1) is 0 Å². The topological polar surface area (TPSA) is 68.0 Å². The van der Waals surface area contributed by atoms with Crippen LogP contribution in [0.3, 0.4) is 0 Å². The van der Waals surface area contributed by atoms with Crippen LogP contribution in [0.1, 0.15) is 22.9 Å². The van der Waals surface area contributed by atoms with Gasteiger partial charge >= 0.3 is 0 Å². The van der Waals surface area contributed by atoms with Gasteiger partial charge in [0.25, 0.3) is 0 Å². The molecule has 11 aromatic carbocycles. The highest BCUT2D eigenvalue weighted by Gasteiger charge is 2.32. The Morgan fingerprint density at radius 2 is 1.00 bits per heavy atom. The molecule has 1 atom stereocenters. The lowest BCUT2D eigenvalue weighted by molar-refractivity contribution is 0.668. The van der Waals surface area contributed by atoms with Gasteiger partial charge in [0.1, 0.15) is 28.2 Å². The zero-order valence-electron chi connectivity index (χ0n) is 37.0. The number of nitrogens with zero attached hydrogens (tertiary/aromatic N) is 3. The Hall–Kier alpha value is -9.26. The molecule has 322 valence electrons. The minimum absolute atomic E-state index is 0.607. The second-order valence-corrected chi connectivity index (χ2v) is 18.1. The lowest BCUT2D eigenvalue weighted by atomic mass is 9.94. The molecule has 0 saturated heterocycles. The molecule has 0 aliphatic carbocycles. The lowest BCUT2D eigenvalue weighted by Gasteiger charge is -2.28. The number of nitrogens with one attached hydrogen (secondary N) is 1. The van der Waals surface area contributed by atoms with Crippen LogP contribution in [0.5, 0.6) is 0 Å². The summed E-state index contributed by atoms with van der Waals surface area (Å²) in [5.41, 5.74) is 11.7. The maximum atomic E-state index is 7.01. The molecule has 0 bridgehead atoms. The largest absolute Gasteiger partial charge is 0.456 e. The van der Waals surface area contributed by atoms with E-state index in [9.17, 15) is 0 Å². The molecule has 4 heterocycles. The fraction of sp³-hybridized carbons (Fsp3) is 0.0159. The predicted molar refractivity (Wildman–Crippen MR) is 285 cm³/mol. The molecule has 1 aliphatic rings. The number of hydrogen-bond acceptors (Lipinski definition) is 5. The average molecular weight is 883 g/mol. The van der Waals surface area contributed by atoms with Crippen LogP contribution < -0.4 is 5.32 Å². The first-order chi connectivity index (χ1) is 34.2. The third-order valence-corrected chi connectivity index (χ3v) is 14.2. The van der Waals surface area contributed by atoms with Crippen LogP contribution in [-0.2, 0) is 0 Å². The number of amidine groups is 2. The molecule has 0 amide bonds. The summed E-state index contributed by atoms with van der Waals surface area (Å²) in [6.45, 7) is 0. The fourth-order valence-corrected chi connectivity index (χ4v) is 11.1. The first-order valence-electron chi connectivity index (χ1n) is 23.4. The van der Waals surface area contributed by atoms with Crippen molar-refractivity contribution in [2.24, 2.45) is 9.98 Å². The number of hydrogen-bond donors (Lipinski definition) is 1. The maximum Gasteiger partial charge on any atom is 0.159 e. The van der Waals surface area contributed by atoms with Crippen molar-refractivity contribution in [1.82, 2.24) is 9.88 Å². The Morgan fingerprint density at radius 3 is 1.81 bits per heavy atom. The number of benzene rings is 11. The van der Waals surface area contributed by atoms with Gasteiger partial charge in [0.2, 0.25) is 0 Å². The van der Waals surface area contributed by atoms with Crippen LogP contribution in [0.15, 0.2) is 237 Å². The van der Waals surface area contributed by atoms with Crippen molar-refractivity contribution in [1.29, 1.82) is 0 Å². The van der Waals surface area contributed by atoms with E-state index in [1.807, 2.05) is 18.2 Å².